The second kappa shape index (κ2) is 5.96. The fraction of sp³-hybridized carbons (Fsp3) is 0.611. The lowest BCUT2D eigenvalue weighted by Crippen LogP contribution is -2.50. The molecule has 8 heteroatoms. The van der Waals surface area contributed by atoms with E-state index in [-0.39, 0.29) is 30.0 Å². The molecule has 0 saturated heterocycles. The molecule has 144 valence electrons. The first kappa shape index (κ1) is 19.2. The Bertz CT molecular complexity index is 705. The number of aryl methyl sites for hydroxylation is 1. The number of fused-ring (bicyclic) bond motifs is 3. The molecule has 0 heterocycles. The van der Waals surface area contributed by atoms with Crippen molar-refractivity contribution in [3.8, 4) is 0 Å². The van der Waals surface area contributed by atoms with Gasteiger partial charge in [-0.05, 0) is 55.6 Å². The Morgan fingerprint density at radius 1 is 0.962 bits per heavy atom. The van der Waals surface area contributed by atoms with Crippen molar-refractivity contribution in [3.05, 3.63) is 34.9 Å². The molecule has 0 N–H and O–H groups in total. The molecule has 0 aliphatic heterocycles. The van der Waals surface area contributed by atoms with Crippen molar-refractivity contribution < 1.29 is 35.5 Å². The van der Waals surface area contributed by atoms with E-state index in [2.05, 4.69) is 0 Å². The van der Waals surface area contributed by atoms with Crippen molar-refractivity contribution >= 4 is 5.78 Å². The predicted molar refractivity (Wildman–Crippen MR) is 79.3 cm³/mol. The quantitative estimate of drug-likeness (QED) is 0.607. The van der Waals surface area contributed by atoms with Gasteiger partial charge in [0.05, 0.1) is 0 Å². The number of hydrogen-bond acceptors (Lipinski definition) is 1. The highest BCUT2D eigenvalue weighted by atomic mass is 19.4. The Morgan fingerprint density at radius 2 is 1.58 bits per heavy atom. The number of ketones is 1. The fourth-order valence-corrected chi connectivity index (χ4v) is 4.57. The van der Waals surface area contributed by atoms with Crippen LogP contribution in [0, 0.1) is 11.8 Å². The maximum absolute atomic E-state index is 14.2. The Balaban J connectivity index is 2.02. The minimum Gasteiger partial charge on any atom is -0.300 e. The van der Waals surface area contributed by atoms with Crippen molar-refractivity contribution in [2.24, 2.45) is 11.8 Å². The van der Waals surface area contributed by atoms with Crippen LogP contribution in [0.1, 0.15) is 48.8 Å². The van der Waals surface area contributed by atoms with E-state index < -0.39 is 23.6 Å². The zero-order valence-corrected chi connectivity index (χ0v) is 13.8. The number of carbonyl (C=O) groups is 1. The largest absolute Gasteiger partial charge is 0.435 e. The fourth-order valence-electron chi connectivity index (χ4n) is 4.57. The molecule has 2 unspecified atom stereocenters. The van der Waals surface area contributed by atoms with Crippen molar-refractivity contribution in [1.82, 2.24) is 0 Å². The van der Waals surface area contributed by atoms with Gasteiger partial charge in [0.1, 0.15) is 5.78 Å². The number of Topliss-reactive ketones (excluding diaryl/α,β-unsaturated/α-hetero) is 1. The molecule has 1 aromatic carbocycles. The Labute approximate surface area is 145 Å². The average Bonchev–Trinajstić information content (AvgIpc) is 2.95. The van der Waals surface area contributed by atoms with Gasteiger partial charge in [-0.25, -0.2) is 4.39 Å². The monoisotopic (exact) mass is 382 g/mol. The van der Waals surface area contributed by atoms with E-state index >= 15 is 0 Å². The summed E-state index contributed by atoms with van der Waals surface area (Å²) in [7, 11) is 0. The molecule has 1 fully saturated rings. The van der Waals surface area contributed by atoms with Crippen molar-refractivity contribution in [2.45, 2.75) is 56.5 Å². The zero-order valence-electron chi connectivity index (χ0n) is 13.8. The van der Waals surface area contributed by atoms with Crippen molar-refractivity contribution in [1.29, 1.82) is 0 Å². The van der Waals surface area contributed by atoms with Crippen LogP contribution in [-0.4, -0.2) is 18.1 Å². The smallest absolute Gasteiger partial charge is 0.300 e. The summed E-state index contributed by atoms with van der Waals surface area (Å²) in [6.45, 7) is 1.50. The molecule has 2 aliphatic rings. The van der Waals surface area contributed by atoms with E-state index in [0.717, 1.165) is 0 Å². The van der Waals surface area contributed by atoms with Gasteiger partial charge in [-0.2, -0.15) is 26.3 Å². The standard InChI is InChI=1S/C18H17F7O/c1-9(26)12-6-7-15-13-5-3-11(8-10(13)2-4-14(12)15)16(19,17(20,21)22)18(23,24)25/h3,5,8,12,14-15H,2,4,6-7H2,1H3/t12-,14?,15?/m0/s1. The van der Waals surface area contributed by atoms with Gasteiger partial charge < -0.3 is 0 Å². The summed E-state index contributed by atoms with van der Waals surface area (Å²) in [5, 5.41) is 0. The van der Waals surface area contributed by atoms with Gasteiger partial charge in [0.2, 0.25) is 0 Å². The average molecular weight is 382 g/mol. The number of alkyl halides is 7. The molecule has 26 heavy (non-hydrogen) atoms. The summed E-state index contributed by atoms with van der Waals surface area (Å²) in [6.07, 6.45) is -10.2. The summed E-state index contributed by atoms with van der Waals surface area (Å²) >= 11 is 0. The maximum Gasteiger partial charge on any atom is 0.435 e. The summed E-state index contributed by atoms with van der Waals surface area (Å²) in [5.74, 6) is -0.105. The first-order chi connectivity index (χ1) is 11.9. The van der Waals surface area contributed by atoms with E-state index in [1.165, 1.54) is 13.0 Å². The van der Waals surface area contributed by atoms with Crippen LogP contribution in [0.4, 0.5) is 30.7 Å². The predicted octanol–water partition coefficient (Wildman–Crippen LogP) is 5.62. The maximum atomic E-state index is 14.2. The number of hydrogen-bond donors (Lipinski definition) is 0. The third-order valence-electron chi connectivity index (χ3n) is 5.81. The van der Waals surface area contributed by atoms with E-state index in [9.17, 15) is 35.5 Å². The van der Waals surface area contributed by atoms with E-state index in [4.69, 9.17) is 0 Å². The third-order valence-corrected chi connectivity index (χ3v) is 5.81. The van der Waals surface area contributed by atoms with Crippen LogP contribution in [0.25, 0.3) is 0 Å². The molecule has 0 bridgehead atoms. The SMILES string of the molecule is CC(=O)[C@@H]1CCC2c3ccc(C(F)(C(F)(F)F)C(F)(F)F)cc3CCC21. The molecular formula is C18H17F7O. The summed E-state index contributed by atoms with van der Waals surface area (Å²) < 4.78 is 91.9. The van der Waals surface area contributed by atoms with Gasteiger partial charge in [0, 0.05) is 11.5 Å². The number of rotatable bonds is 2. The first-order valence-electron chi connectivity index (χ1n) is 8.34. The van der Waals surface area contributed by atoms with Crippen LogP contribution in [-0.2, 0) is 16.9 Å². The van der Waals surface area contributed by atoms with Crippen LogP contribution >= 0.6 is 0 Å². The number of carbonyl (C=O) groups excluding carboxylic acids is 1. The molecule has 0 amide bonds. The highest BCUT2D eigenvalue weighted by Crippen LogP contribution is 2.55. The molecule has 3 rings (SSSR count). The minimum atomic E-state index is -6.11. The Morgan fingerprint density at radius 3 is 2.12 bits per heavy atom. The van der Waals surface area contributed by atoms with Crippen LogP contribution < -0.4 is 0 Å². The number of benzene rings is 1. The molecule has 1 saturated carbocycles. The van der Waals surface area contributed by atoms with Gasteiger partial charge in [-0.1, -0.05) is 18.2 Å². The van der Waals surface area contributed by atoms with E-state index in [1.54, 1.807) is 0 Å². The van der Waals surface area contributed by atoms with Gasteiger partial charge in [0.25, 0.3) is 0 Å². The van der Waals surface area contributed by atoms with Crippen LogP contribution in [0.15, 0.2) is 18.2 Å². The number of halogens is 7. The van der Waals surface area contributed by atoms with Gasteiger partial charge >= 0.3 is 18.0 Å². The molecule has 0 aromatic heterocycles. The van der Waals surface area contributed by atoms with Crippen molar-refractivity contribution in [3.63, 3.8) is 0 Å². The summed E-state index contributed by atoms with van der Waals surface area (Å²) in [6, 6.07) is 2.47. The first-order valence-corrected chi connectivity index (χ1v) is 8.34. The second-order valence-electron chi connectivity index (χ2n) is 7.17. The normalized spacial score (nSPS) is 26.4. The van der Waals surface area contributed by atoms with E-state index in [1.807, 2.05) is 0 Å². The van der Waals surface area contributed by atoms with Gasteiger partial charge in [-0.3, -0.25) is 4.79 Å². The van der Waals surface area contributed by atoms with Gasteiger partial charge in [-0.15, -0.1) is 0 Å². The lowest BCUT2D eigenvalue weighted by Gasteiger charge is -2.34. The van der Waals surface area contributed by atoms with E-state index in [0.29, 0.717) is 42.5 Å². The van der Waals surface area contributed by atoms with Crippen LogP contribution in [0.3, 0.4) is 0 Å². The molecule has 3 atom stereocenters. The highest BCUT2D eigenvalue weighted by Gasteiger charge is 2.73. The highest BCUT2D eigenvalue weighted by molar-refractivity contribution is 5.79. The summed E-state index contributed by atoms with van der Waals surface area (Å²) in [4.78, 5) is 11.7. The molecular weight excluding hydrogens is 365 g/mol. The molecule has 2 aliphatic carbocycles. The zero-order chi connectivity index (χ0) is 19.5. The minimum absolute atomic E-state index is 0.0474. The molecule has 1 aromatic rings. The lowest BCUT2D eigenvalue weighted by molar-refractivity contribution is -0.348. The Hall–Kier alpha value is -1.60. The van der Waals surface area contributed by atoms with Crippen LogP contribution in [0.5, 0.6) is 0 Å². The van der Waals surface area contributed by atoms with Crippen molar-refractivity contribution in [2.75, 3.05) is 0 Å². The molecule has 1 nitrogen and oxygen atoms in total. The molecule has 0 spiro atoms. The second-order valence-corrected chi connectivity index (χ2v) is 7.17. The Kier molecular flexibility index (Phi) is 4.39. The third kappa shape index (κ3) is 2.72. The van der Waals surface area contributed by atoms with Gasteiger partial charge in [0.15, 0.2) is 0 Å². The van der Waals surface area contributed by atoms with Crippen LogP contribution in [0.2, 0.25) is 0 Å². The lowest BCUT2D eigenvalue weighted by atomic mass is 9.72. The summed E-state index contributed by atoms with van der Waals surface area (Å²) in [5.41, 5.74) is -5.89. The topological polar surface area (TPSA) is 17.1 Å². The molecule has 0 radical (unpaired) electrons.